The molecule has 3 rings (SSSR count). The predicted octanol–water partition coefficient (Wildman–Crippen LogP) is 2.69. The highest BCUT2D eigenvalue weighted by molar-refractivity contribution is 7.80. The summed E-state index contributed by atoms with van der Waals surface area (Å²) in [4.78, 5) is 2.63. The van der Waals surface area contributed by atoms with E-state index in [4.69, 9.17) is 21.7 Å². The molecule has 0 aromatic heterocycles. The first-order valence-electron chi connectivity index (χ1n) is 9.69. The lowest BCUT2D eigenvalue weighted by atomic mass is 9.80. The summed E-state index contributed by atoms with van der Waals surface area (Å²) in [7, 11) is 1.68. The summed E-state index contributed by atoms with van der Waals surface area (Å²) in [6, 6.07) is 8.07. The van der Waals surface area contributed by atoms with Gasteiger partial charge in [0.15, 0.2) is 5.11 Å². The van der Waals surface area contributed by atoms with Gasteiger partial charge in [-0.3, -0.25) is 4.90 Å². The minimum atomic E-state index is 0.230. The van der Waals surface area contributed by atoms with Gasteiger partial charge in [0.2, 0.25) is 0 Å². The fourth-order valence-electron chi connectivity index (χ4n) is 4.09. The molecule has 0 bridgehead atoms. The quantitative estimate of drug-likeness (QED) is 0.744. The normalized spacial score (nSPS) is 20.3. The molecule has 1 saturated carbocycles. The molecule has 0 spiro atoms. The van der Waals surface area contributed by atoms with Gasteiger partial charge in [0, 0.05) is 31.7 Å². The van der Waals surface area contributed by atoms with E-state index in [0.717, 1.165) is 50.3 Å². The molecule has 26 heavy (non-hydrogen) atoms. The van der Waals surface area contributed by atoms with Crippen molar-refractivity contribution in [2.75, 3.05) is 40.0 Å². The van der Waals surface area contributed by atoms with Crippen molar-refractivity contribution in [2.24, 2.45) is 0 Å². The molecule has 0 unspecified atom stereocenters. The molecule has 2 aliphatic rings. The Balaban J connectivity index is 1.50. The minimum Gasteiger partial charge on any atom is -0.497 e. The summed E-state index contributed by atoms with van der Waals surface area (Å²) in [5.41, 5.74) is 1.42. The van der Waals surface area contributed by atoms with E-state index in [9.17, 15) is 0 Å². The predicted molar refractivity (Wildman–Crippen MR) is 109 cm³/mol. The Morgan fingerprint density at radius 3 is 2.46 bits per heavy atom. The maximum Gasteiger partial charge on any atom is 0.166 e. The van der Waals surface area contributed by atoms with Crippen LogP contribution in [0.5, 0.6) is 5.75 Å². The summed E-state index contributed by atoms with van der Waals surface area (Å²) in [5.74, 6) is 0.874. The zero-order valence-electron chi connectivity index (χ0n) is 15.8. The molecule has 0 amide bonds. The number of nitrogens with zero attached hydrogens (tertiary/aromatic N) is 1. The molecule has 0 atom stereocenters. The number of benzene rings is 1. The van der Waals surface area contributed by atoms with Crippen LogP contribution in [0, 0.1) is 0 Å². The lowest BCUT2D eigenvalue weighted by Crippen LogP contribution is -2.60. The number of rotatable bonds is 6. The Kier molecular flexibility index (Phi) is 7.11. The highest BCUT2D eigenvalue weighted by atomic mass is 32.1. The molecule has 1 heterocycles. The van der Waals surface area contributed by atoms with Crippen LogP contribution in [0.3, 0.4) is 0 Å². The molecule has 144 valence electrons. The van der Waals surface area contributed by atoms with Crippen LogP contribution in [-0.4, -0.2) is 55.5 Å². The Morgan fingerprint density at radius 1 is 1.12 bits per heavy atom. The fraction of sp³-hybridized carbons (Fsp3) is 0.650. The monoisotopic (exact) mass is 377 g/mol. The van der Waals surface area contributed by atoms with Gasteiger partial charge in [-0.25, -0.2) is 0 Å². The van der Waals surface area contributed by atoms with Gasteiger partial charge in [-0.15, -0.1) is 0 Å². The van der Waals surface area contributed by atoms with E-state index < -0.39 is 0 Å². The molecule has 1 aromatic carbocycles. The lowest BCUT2D eigenvalue weighted by Gasteiger charge is -2.48. The number of ether oxygens (including phenoxy) is 2. The second-order valence-electron chi connectivity index (χ2n) is 7.27. The highest BCUT2D eigenvalue weighted by Crippen LogP contribution is 2.33. The number of nitrogens with one attached hydrogen (secondary N) is 2. The Morgan fingerprint density at radius 2 is 1.81 bits per heavy atom. The molecule has 1 aliphatic heterocycles. The largest absolute Gasteiger partial charge is 0.497 e. The van der Waals surface area contributed by atoms with Crippen LogP contribution in [0.25, 0.3) is 0 Å². The molecule has 1 aromatic rings. The van der Waals surface area contributed by atoms with Gasteiger partial charge in [-0.1, -0.05) is 31.4 Å². The topological polar surface area (TPSA) is 45.8 Å². The molecule has 1 saturated heterocycles. The Hall–Kier alpha value is -1.37. The molecule has 5 nitrogen and oxygen atoms in total. The Labute approximate surface area is 162 Å². The van der Waals surface area contributed by atoms with Gasteiger partial charge in [-0.05, 0) is 42.8 Å². The van der Waals surface area contributed by atoms with Crippen LogP contribution in [0.2, 0.25) is 0 Å². The first-order valence-corrected chi connectivity index (χ1v) is 10.1. The van der Waals surface area contributed by atoms with Crippen molar-refractivity contribution in [3.05, 3.63) is 29.8 Å². The van der Waals surface area contributed by atoms with Gasteiger partial charge in [0.25, 0.3) is 0 Å². The number of methoxy groups -OCH3 is 1. The fourth-order valence-corrected chi connectivity index (χ4v) is 4.23. The number of hydrogen-bond acceptors (Lipinski definition) is 4. The summed E-state index contributed by atoms with van der Waals surface area (Å²) in [5, 5.41) is 7.56. The molecule has 2 N–H and O–H groups in total. The maximum atomic E-state index is 5.56. The van der Waals surface area contributed by atoms with Crippen molar-refractivity contribution in [1.29, 1.82) is 0 Å². The van der Waals surface area contributed by atoms with E-state index in [-0.39, 0.29) is 5.54 Å². The number of thiocarbonyl (C=S) groups is 1. The van der Waals surface area contributed by atoms with Crippen molar-refractivity contribution in [1.82, 2.24) is 15.5 Å². The molecule has 0 radical (unpaired) electrons. The number of hydrogen-bond donors (Lipinski definition) is 2. The summed E-state index contributed by atoms with van der Waals surface area (Å²) < 4.78 is 10.8. The molecule has 2 fully saturated rings. The van der Waals surface area contributed by atoms with Crippen LogP contribution in [0.1, 0.15) is 37.7 Å². The molecule has 6 heteroatoms. The molecule has 1 aliphatic carbocycles. The van der Waals surface area contributed by atoms with E-state index in [0.29, 0.717) is 0 Å². The summed E-state index contributed by atoms with van der Waals surface area (Å²) >= 11 is 5.53. The summed E-state index contributed by atoms with van der Waals surface area (Å²) in [6.07, 6.45) is 6.48. The van der Waals surface area contributed by atoms with Gasteiger partial charge in [0.05, 0.1) is 20.3 Å². The molecular formula is C20H31N3O2S. The van der Waals surface area contributed by atoms with Gasteiger partial charge in [-0.2, -0.15) is 0 Å². The van der Waals surface area contributed by atoms with E-state index in [1.807, 2.05) is 12.1 Å². The van der Waals surface area contributed by atoms with Crippen molar-refractivity contribution in [3.63, 3.8) is 0 Å². The van der Waals surface area contributed by atoms with Crippen LogP contribution < -0.4 is 15.4 Å². The zero-order chi connectivity index (χ0) is 18.2. The van der Waals surface area contributed by atoms with Crippen LogP contribution in [-0.2, 0) is 11.3 Å². The zero-order valence-corrected chi connectivity index (χ0v) is 16.6. The van der Waals surface area contributed by atoms with Crippen molar-refractivity contribution < 1.29 is 9.47 Å². The third kappa shape index (κ3) is 5.09. The average molecular weight is 378 g/mol. The second kappa shape index (κ2) is 9.53. The van der Waals surface area contributed by atoms with Gasteiger partial charge < -0.3 is 20.1 Å². The van der Waals surface area contributed by atoms with E-state index in [1.165, 1.54) is 37.7 Å². The van der Waals surface area contributed by atoms with Crippen molar-refractivity contribution in [3.8, 4) is 5.75 Å². The summed E-state index contributed by atoms with van der Waals surface area (Å²) in [6.45, 7) is 5.41. The third-order valence-corrected chi connectivity index (χ3v) is 5.94. The first-order chi connectivity index (χ1) is 12.7. The SMILES string of the molecule is COc1ccc(CNC(=S)NCC2(N3CCOCC3)CCCCC2)cc1. The van der Waals surface area contributed by atoms with Gasteiger partial charge in [0.1, 0.15) is 5.75 Å². The van der Waals surface area contributed by atoms with E-state index in [1.54, 1.807) is 7.11 Å². The van der Waals surface area contributed by atoms with Crippen LogP contribution >= 0.6 is 12.2 Å². The number of morpholine rings is 1. The van der Waals surface area contributed by atoms with Crippen LogP contribution in [0.4, 0.5) is 0 Å². The highest BCUT2D eigenvalue weighted by Gasteiger charge is 2.38. The van der Waals surface area contributed by atoms with Gasteiger partial charge >= 0.3 is 0 Å². The van der Waals surface area contributed by atoms with Crippen molar-refractivity contribution in [2.45, 2.75) is 44.2 Å². The first kappa shape index (κ1) is 19.4. The van der Waals surface area contributed by atoms with E-state index >= 15 is 0 Å². The Bertz CT molecular complexity index is 567. The third-order valence-electron chi connectivity index (χ3n) is 5.66. The average Bonchev–Trinajstić information content (AvgIpc) is 2.72. The van der Waals surface area contributed by atoms with Crippen LogP contribution in [0.15, 0.2) is 24.3 Å². The maximum absolute atomic E-state index is 5.56. The smallest absolute Gasteiger partial charge is 0.166 e. The van der Waals surface area contributed by atoms with E-state index in [2.05, 4.69) is 27.7 Å². The van der Waals surface area contributed by atoms with Crippen molar-refractivity contribution >= 4 is 17.3 Å². The second-order valence-corrected chi connectivity index (χ2v) is 7.68. The minimum absolute atomic E-state index is 0.230. The molecular weight excluding hydrogens is 346 g/mol. The standard InChI is InChI=1S/C20H31N3O2S/c1-24-18-7-5-17(6-8-18)15-21-19(26)22-16-20(9-3-2-4-10-20)23-11-13-25-14-12-23/h5-8H,2-4,9-16H2,1H3,(H2,21,22,26). The lowest BCUT2D eigenvalue weighted by molar-refractivity contribution is -0.0352.